The Kier molecular flexibility index (Phi) is 10.3. The van der Waals surface area contributed by atoms with Crippen molar-refractivity contribution >= 4 is 77.6 Å². The molecule has 0 amide bonds. The summed E-state index contributed by atoms with van der Waals surface area (Å²) in [6, 6.07) is 45.8. The summed E-state index contributed by atoms with van der Waals surface area (Å²) in [6.45, 7) is 16.5. The van der Waals surface area contributed by atoms with E-state index in [4.69, 9.17) is 4.42 Å². The van der Waals surface area contributed by atoms with Crippen LogP contribution in [-0.2, 0) is 0 Å². The number of furan rings is 1. The molecule has 2 heterocycles. The Balaban J connectivity index is 1.47. The highest BCUT2D eigenvalue weighted by Crippen LogP contribution is 2.48. The van der Waals surface area contributed by atoms with Crippen LogP contribution in [0.3, 0.4) is 0 Å². The van der Waals surface area contributed by atoms with E-state index in [0.717, 1.165) is 78.0 Å². The predicted molar refractivity (Wildman–Crippen MR) is 248 cm³/mol. The Labute approximate surface area is 335 Å². The lowest BCUT2D eigenvalue weighted by Crippen LogP contribution is -2.12. The highest BCUT2D eigenvalue weighted by Gasteiger charge is 2.24. The first-order valence-corrected chi connectivity index (χ1v) is 19.5. The third-order valence-electron chi connectivity index (χ3n) is 10.7. The van der Waals surface area contributed by atoms with Crippen molar-refractivity contribution in [3.63, 3.8) is 0 Å². The van der Waals surface area contributed by atoms with E-state index in [1.807, 2.05) is 25.1 Å². The van der Waals surface area contributed by atoms with Gasteiger partial charge in [-0.25, -0.2) is 0 Å². The fourth-order valence-corrected chi connectivity index (χ4v) is 7.86. The molecule has 0 unspecified atom stereocenters. The minimum atomic E-state index is 0.867. The fraction of sp³-hybridized carbons (Fsp3) is 0.0741. The quantitative estimate of drug-likeness (QED) is 0.123. The number of benzene rings is 6. The first kappa shape index (κ1) is 36.9. The van der Waals surface area contributed by atoms with Crippen LogP contribution >= 0.6 is 0 Å². The van der Waals surface area contributed by atoms with E-state index in [0.29, 0.717) is 0 Å². The maximum Gasteiger partial charge on any atom is 0.143 e. The Morgan fingerprint density at radius 3 is 2.02 bits per heavy atom. The molecule has 0 aliphatic rings. The van der Waals surface area contributed by atoms with E-state index >= 15 is 0 Å². The molecule has 3 heteroatoms. The number of aromatic nitrogens is 1. The maximum absolute atomic E-state index is 6.75. The van der Waals surface area contributed by atoms with Crippen LogP contribution in [0, 0.1) is 0 Å². The van der Waals surface area contributed by atoms with Crippen LogP contribution in [0.5, 0.6) is 0 Å². The maximum atomic E-state index is 6.75. The summed E-state index contributed by atoms with van der Waals surface area (Å²) in [5.74, 6) is 0. The van der Waals surface area contributed by atoms with Gasteiger partial charge in [0.1, 0.15) is 11.2 Å². The van der Waals surface area contributed by atoms with Crippen LogP contribution in [-0.4, -0.2) is 4.57 Å². The standard InChI is InChI=1S/C54H46N2O/c1-7-11-19-37(5)39-27-31-42(32-28-39)55(43-33-29-40(30-34-43)38(6)20-12-8-2)51-36-52-48(44-21-13-15-25-50(44)56(52)41(10-4)18-9-3)35-49(51)47-24-17-23-46-45-22-14-16-26-53(45)57-54(46)47/h7-36H,1,5H2,2-4,6H3/b12-8-,18-9-,19-11-,38-20+,41-10+. The molecule has 2 aromatic heterocycles. The molecule has 0 aliphatic carbocycles. The molecule has 0 atom stereocenters. The van der Waals surface area contributed by atoms with Crippen LogP contribution in [0.2, 0.25) is 0 Å². The largest absolute Gasteiger partial charge is 0.455 e. The van der Waals surface area contributed by atoms with Gasteiger partial charge in [0, 0.05) is 49.7 Å². The molecule has 0 spiro atoms. The molecule has 0 bridgehead atoms. The summed E-state index contributed by atoms with van der Waals surface area (Å²) in [4.78, 5) is 2.38. The van der Waals surface area contributed by atoms with Crippen LogP contribution in [0.1, 0.15) is 38.8 Å². The average molecular weight is 739 g/mol. The number of hydrogen-bond donors (Lipinski definition) is 0. The van der Waals surface area contributed by atoms with Crippen LogP contribution in [0.4, 0.5) is 17.1 Å². The van der Waals surface area contributed by atoms with E-state index in [1.54, 1.807) is 6.08 Å². The van der Waals surface area contributed by atoms with Crippen molar-refractivity contribution in [2.75, 3.05) is 4.90 Å². The molecule has 0 fully saturated rings. The van der Waals surface area contributed by atoms with E-state index in [-0.39, 0.29) is 0 Å². The highest BCUT2D eigenvalue weighted by atomic mass is 16.3. The van der Waals surface area contributed by atoms with Gasteiger partial charge in [0.15, 0.2) is 0 Å². The Morgan fingerprint density at radius 1 is 0.632 bits per heavy atom. The first-order chi connectivity index (χ1) is 27.9. The summed E-state index contributed by atoms with van der Waals surface area (Å²) >= 11 is 0. The van der Waals surface area contributed by atoms with Crippen molar-refractivity contribution in [3.8, 4) is 11.1 Å². The van der Waals surface area contributed by atoms with Gasteiger partial charge in [-0.2, -0.15) is 0 Å². The zero-order valence-electron chi connectivity index (χ0n) is 33.0. The molecule has 8 rings (SSSR count). The molecule has 0 saturated heterocycles. The molecule has 278 valence electrons. The number of anilines is 3. The van der Waals surface area contributed by atoms with Gasteiger partial charge in [0.2, 0.25) is 0 Å². The van der Waals surface area contributed by atoms with Gasteiger partial charge in [-0.15, -0.1) is 0 Å². The molecule has 0 radical (unpaired) electrons. The van der Waals surface area contributed by atoms with E-state index < -0.39 is 0 Å². The van der Waals surface area contributed by atoms with Crippen molar-refractivity contribution < 1.29 is 4.42 Å². The van der Waals surface area contributed by atoms with Crippen molar-refractivity contribution in [2.24, 2.45) is 0 Å². The summed E-state index contributed by atoms with van der Waals surface area (Å²) in [5.41, 5.74) is 14.6. The van der Waals surface area contributed by atoms with Gasteiger partial charge in [0.05, 0.1) is 16.7 Å². The second kappa shape index (κ2) is 15.9. The molecule has 0 saturated carbocycles. The van der Waals surface area contributed by atoms with Gasteiger partial charge >= 0.3 is 0 Å². The predicted octanol–water partition coefficient (Wildman–Crippen LogP) is 16.0. The summed E-state index contributed by atoms with van der Waals surface area (Å²) in [6.07, 6.45) is 18.4. The lowest BCUT2D eigenvalue weighted by atomic mass is 9.96. The van der Waals surface area contributed by atoms with E-state index in [1.165, 1.54) is 21.9 Å². The van der Waals surface area contributed by atoms with Gasteiger partial charge in [-0.3, -0.25) is 0 Å². The number of fused-ring (bicyclic) bond motifs is 6. The second-order valence-electron chi connectivity index (χ2n) is 14.2. The average Bonchev–Trinajstić information content (AvgIpc) is 3.79. The number of nitrogens with zero attached hydrogens (tertiary/aromatic N) is 2. The number of hydrogen-bond acceptors (Lipinski definition) is 2. The minimum absolute atomic E-state index is 0.867. The highest BCUT2D eigenvalue weighted by molar-refractivity contribution is 6.16. The summed E-state index contributed by atoms with van der Waals surface area (Å²) < 4.78 is 9.13. The molecule has 6 aromatic carbocycles. The Morgan fingerprint density at radius 2 is 1.32 bits per heavy atom. The topological polar surface area (TPSA) is 21.3 Å². The molecule has 0 N–H and O–H groups in total. The van der Waals surface area contributed by atoms with Crippen LogP contribution in [0.15, 0.2) is 200 Å². The number of rotatable bonds is 11. The second-order valence-corrected chi connectivity index (χ2v) is 14.2. The van der Waals surface area contributed by atoms with E-state index in [2.05, 4.69) is 201 Å². The molecular weight excluding hydrogens is 693 g/mol. The Hall–Kier alpha value is -7.10. The summed E-state index contributed by atoms with van der Waals surface area (Å²) in [7, 11) is 0. The van der Waals surface area contributed by atoms with Crippen molar-refractivity contribution in [3.05, 3.63) is 206 Å². The molecule has 57 heavy (non-hydrogen) atoms. The van der Waals surface area contributed by atoms with Crippen molar-refractivity contribution in [1.82, 2.24) is 4.57 Å². The zero-order chi connectivity index (χ0) is 39.5. The number of para-hydroxylation sites is 3. The molecular formula is C54H46N2O. The minimum Gasteiger partial charge on any atom is -0.455 e. The SMILES string of the molecule is C=C/C=C\C(=C)c1ccc(N(c2ccc(/C(C)=C/C=C\C)cc2)c2cc3c(cc2-c2cccc4c2oc2ccccc24)c2ccccc2n3C(/C=C\C)=C/C)cc1. The first-order valence-electron chi connectivity index (χ1n) is 19.5. The van der Waals surface area contributed by atoms with E-state index in [9.17, 15) is 0 Å². The van der Waals surface area contributed by atoms with Crippen molar-refractivity contribution in [1.29, 1.82) is 0 Å². The fourth-order valence-electron chi connectivity index (χ4n) is 7.86. The van der Waals surface area contributed by atoms with Crippen molar-refractivity contribution in [2.45, 2.75) is 27.7 Å². The molecule has 0 aliphatic heterocycles. The lowest BCUT2D eigenvalue weighted by molar-refractivity contribution is 0.670. The Bertz CT molecular complexity index is 2960. The number of allylic oxidation sites excluding steroid dienone is 12. The van der Waals surface area contributed by atoms with Gasteiger partial charge in [-0.05, 0) is 105 Å². The van der Waals surface area contributed by atoms with Crippen LogP contribution < -0.4 is 4.90 Å². The smallest absolute Gasteiger partial charge is 0.143 e. The van der Waals surface area contributed by atoms with Gasteiger partial charge in [-0.1, -0.05) is 141 Å². The van der Waals surface area contributed by atoms with Gasteiger partial charge < -0.3 is 13.9 Å². The van der Waals surface area contributed by atoms with Crippen LogP contribution in [0.25, 0.3) is 71.7 Å². The third kappa shape index (κ3) is 6.79. The third-order valence-corrected chi connectivity index (χ3v) is 10.7. The molecule has 3 nitrogen and oxygen atoms in total. The zero-order valence-corrected chi connectivity index (χ0v) is 33.0. The monoisotopic (exact) mass is 738 g/mol. The van der Waals surface area contributed by atoms with Gasteiger partial charge in [0.25, 0.3) is 0 Å². The normalized spacial score (nSPS) is 12.7. The lowest BCUT2D eigenvalue weighted by Gasteiger charge is -2.29. The molecule has 8 aromatic rings. The summed E-state index contributed by atoms with van der Waals surface area (Å²) in [5, 5.41) is 4.56.